The number of hydrogen-bond donors (Lipinski definition) is 0. The van der Waals surface area contributed by atoms with Crippen LogP contribution in [0.3, 0.4) is 0 Å². The fourth-order valence-corrected chi connectivity index (χ4v) is 4.58. The van der Waals surface area contributed by atoms with Crippen molar-refractivity contribution in [2.24, 2.45) is 0 Å². The molecular formula is C39H52NO2+. The molecule has 0 unspecified atom stereocenters. The van der Waals surface area contributed by atoms with Gasteiger partial charge in [0.05, 0.1) is 40.4 Å². The van der Waals surface area contributed by atoms with Crippen LogP contribution in [0.15, 0.2) is 85.5 Å². The second-order valence-corrected chi connectivity index (χ2v) is 11.7. The van der Waals surface area contributed by atoms with Gasteiger partial charge in [0.1, 0.15) is 11.5 Å². The summed E-state index contributed by atoms with van der Waals surface area (Å²) >= 11 is 0. The van der Waals surface area contributed by atoms with Gasteiger partial charge < -0.3 is 14.0 Å². The maximum absolute atomic E-state index is 5.93. The molecule has 42 heavy (non-hydrogen) atoms. The molecule has 0 aliphatic carbocycles. The van der Waals surface area contributed by atoms with Crippen molar-refractivity contribution in [3.05, 3.63) is 108 Å². The standard InChI is InChI=1S/C39H52NO2/c1-5-7-8-9-10-11-12-13-32-41-38-27-23-36(24-28-38)21-19-34-15-17-35(18-16-34)20-22-37-25-29-39(30-26-37)42-33-14-31-40(3,4)6-2/h5,15-30H,1,6-14,31-33H2,2-4H3/q+1/b21-19+,22-20+. The zero-order chi connectivity index (χ0) is 29.9. The van der Waals surface area contributed by atoms with Crippen LogP contribution in [-0.4, -0.2) is 44.9 Å². The summed E-state index contributed by atoms with van der Waals surface area (Å²) in [6, 6.07) is 25.3. The first-order chi connectivity index (χ1) is 20.5. The quantitative estimate of drug-likeness (QED) is 0.0586. The van der Waals surface area contributed by atoms with Gasteiger partial charge in [-0.15, -0.1) is 6.58 Å². The summed E-state index contributed by atoms with van der Waals surface area (Å²) < 4.78 is 12.9. The van der Waals surface area contributed by atoms with Crippen LogP contribution in [0.5, 0.6) is 11.5 Å². The molecule has 3 rings (SSSR count). The minimum Gasteiger partial charge on any atom is -0.494 e. The molecule has 0 amide bonds. The topological polar surface area (TPSA) is 18.5 Å². The van der Waals surface area contributed by atoms with E-state index >= 15 is 0 Å². The van der Waals surface area contributed by atoms with Gasteiger partial charge in [-0.05, 0) is 72.7 Å². The number of unbranched alkanes of at least 4 members (excludes halogenated alkanes) is 6. The molecule has 0 N–H and O–H groups in total. The van der Waals surface area contributed by atoms with Crippen molar-refractivity contribution in [1.29, 1.82) is 0 Å². The SMILES string of the molecule is C=CCCCCCCCCOc1ccc(/C=C/c2ccc(/C=C/c3ccc(OCCC[N+](C)(C)CC)cc3)cc2)cc1. The van der Waals surface area contributed by atoms with Crippen LogP contribution in [0.1, 0.15) is 80.5 Å². The third-order valence-electron chi connectivity index (χ3n) is 7.74. The van der Waals surface area contributed by atoms with Crippen LogP contribution in [0.4, 0.5) is 0 Å². The van der Waals surface area contributed by atoms with E-state index in [4.69, 9.17) is 9.47 Å². The summed E-state index contributed by atoms with van der Waals surface area (Å²) in [5.41, 5.74) is 4.69. The van der Waals surface area contributed by atoms with Gasteiger partial charge in [0.15, 0.2) is 0 Å². The Hall–Kier alpha value is -3.56. The summed E-state index contributed by atoms with van der Waals surface area (Å²) in [4.78, 5) is 0. The van der Waals surface area contributed by atoms with E-state index in [9.17, 15) is 0 Å². The number of nitrogens with zero attached hydrogens (tertiary/aromatic N) is 1. The largest absolute Gasteiger partial charge is 0.494 e. The zero-order valence-corrected chi connectivity index (χ0v) is 26.3. The first-order valence-electron chi connectivity index (χ1n) is 15.8. The van der Waals surface area contributed by atoms with Crippen molar-refractivity contribution in [2.45, 2.75) is 58.3 Å². The Kier molecular flexibility index (Phi) is 14.7. The van der Waals surface area contributed by atoms with Gasteiger partial charge in [-0.3, -0.25) is 0 Å². The summed E-state index contributed by atoms with van der Waals surface area (Å²) in [5, 5.41) is 0. The van der Waals surface area contributed by atoms with Crippen LogP contribution >= 0.6 is 0 Å². The molecular weight excluding hydrogens is 514 g/mol. The molecule has 0 spiro atoms. The van der Waals surface area contributed by atoms with Crippen LogP contribution in [-0.2, 0) is 0 Å². The van der Waals surface area contributed by atoms with Crippen LogP contribution < -0.4 is 9.47 Å². The molecule has 0 heterocycles. The predicted molar refractivity (Wildman–Crippen MR) is 183 cm³/mol. The monoisotopic (exact) mass is 566 g/mol. The molecule has 0 fully saturated rings. The van der Waals surface area contributed by atoms with Crippen molar-refractivity contribution in [2.75, 3.05) is 40.4 Å². The highest BCUT2D eigenvalue weighted by molar-refractivity contribution is 5.73. The third kappa shape index (κ3) is 13.4. The van der Waals surface area contributed by atoms with Crippen molar-refractivity contribution < 1.29 is 14.0 Å². The minimum atomic E-state index is 0.759. The Labute approximate surface area is 255 Å². The lowest BCUT2D eigenvalue weighted by Gasteiger charge is -2.28. The number of hydrogen-bond acceptors (Lipinski definition) is 2. The first-order valence-corrected chi connectivity index (χ1v) is 15.8. The lowest BCUT2D eigenvalue weighted by molar-refractivity contribution is -0.888. The minimum absolute atomic E-state index is 0.759. The Morgan fingerprint density at radius 3 is 1.36 bits per heavy atom. The van der Waals surface area contributed by atoms with Gasteiger partial charge in [0.25, 0.3) is 0 Å². The van der Waals surface area contributed by atoms with Gasteiger partial charge in [0.2, 0.25) is 0 Å². The molecule has 3 aromatic carbocycles. The van der Waals surface area contributed by atoms with E-state index in [-0.39, 0.29) is 0 Å². The number of benzene rings is 3. The summed E-state index contributed by atoms with van der Waals surface area (Å²) in [6.07, 6.45) is 20.4. The highest BCUT2D eigenvalue weighted by Gasteiger charge is 2.10. The van der Waals surface area contributed by atoms with Crippen molar-refractivity contribution in [3.63, 3.8) is 0 Å². The van der Waals surface area contributed by atoms with Crippen LogP contribution in [0, 0.1) is 0 Å². The summed E-state index contributed by atoms with van der Waals surface area (Å²) in [6.45, 7) is 9.83. The zero-order valence-electron chi connectivity index (χ0n) is 26.3. The van der Waals surface area contributed by atoms with E-state index in [1.54, 1.807) is 0 Å². The van der Waals surface area contributed by atoms with Crippen molar-refractivity contribution >= 4 is 24.3 Å². The van der Waals surface area contributed by atoms with Crippen molar-refractivity contribution in [1.82, 2.24) is 0 Å². The van der Waals surface area contributed by atoms with E-state index in [0.717, 1.165) is 67.1 Å². The smallest absolute Gasteiger partial charge is 0.119 e. The maximum atomic E-state index is 5.93. The molecule has 0 aromatic heterocycles. The van der Waals surface area contributed by atoms with Gasteiger partial charge in [0, 0.05) is 6.42 Å². The molecule has 3 nitrogen and oxygen atoms in total. The maximum Gasteiger partial charge on any atom is 0.119 e. The molecule has 224 valence electrons. The predicted octanol–water partition coefficient (Wildman–Crippen LogP) is 10.2. The van der Waals surface area contributed by atoms with E-state index < -0.39 is 0 Å². The molecule has 0 aliphatic rings. The Bertz CT molecular complexity index is 1200. The van der Waals surface area contributed by atoms with Crippen molar-refractivity contribution in [3.8, 4) is 11.5 Å². The third-order valence-corrected chi connectivity index (χ3v) is 7.74. The molecule has 0 saturated carbocycles. The highest BCUT2D eigenvalue weighted by Crippen LogP contribution is 2.18. The van der Waals surface area contributed by atoms with Gasteiger partial charge in [-0.2, -0.15) is 0 Å². The number of quaternary nitrogens is 1. The van der Waals surface area contributed by atoms with E-state index in [1.165, 1.54) is 48.8 Å². The Morgan fingerprint density at radius 1 is 0.548 bits per heavy atom. The molecule has 3 aromatic rings. The summed E-state index contributed by atoms with van der Waals surface area (Å²) in [5.74, 6) is 1.88. The fraction of sp³-hybridized carbons (Fsp3) is 0.385. The number of rotatable bonds is 20. The lowest BCUT2D eigenvalue weighted by Crippen LogP contribution is -2.40. The van der Waals surface area contributed by atoms with E-state index in [0.29, 0.717) is 0 Å². The van der Waals surface area contributed by atoms with Gasteiger partial charge >= 0.3 is 0 Å². The lowest BCUT2D eigenvalue weighted by atomic mass is 10.1. The molecule has 0 radical (unpaired) electrons. The highest BCUT2D eigenvalue weighted by atomic mass is 16.5. The van der Waals surface area contributed by atoms with E-state index in [2.05, 4.69) is 125 Å². The normalized spacial score (nSPS) is 11.8. The molecule has 0 bridgehead atoms. The number of allylic oxidation sites excluding steroid dienone is 1. The van der Waals surface area contributed by atoms with Gasteiger partial charge in [-0.25, -0.2) is 0 Å². The Morgan fingerprint density at radius 2 is 0.929 bits per heavy atom. The second kappa shape index (κ2) is 18.8. The van der Waals surface area contributed by atoms with Crippen LogP contribution in [0.2, 0.25) is 0 Å². The average molecular weight is 567 g/mol. The first kappa shape index (κ1) is 32.9. The Balaban J connectivity index is 1.36. The number of ether oxygens (including phenoxy) is 2. The van der Waals surface area contributed by atoms with Gasteiger partial charge in [-0.1, -0.05) is 105 Å². The molecule has 0 atom stereocenters. The average Bonchev–Trinajstić information content (AvgIpc) is 3.02. The fourth-order valence-electron chi connectivity index (χ4n) is 4.58. The summed E-state index contributed by atoms with van der Waals surface area (Å²) in [7, 11) is 4.52. The molecule has 0 aliphatic heterocycles. The van der Waals surface area contributed by atoms with Crippen LogP contribution in [0.25, 0.3) is 24.3 Å². The molecule has 0 saturated heterocycles. The van der Waals surface area contributed by atoms with E-state index in [1.807, 2.05) is 6.08 Å². The second-order valence-electron chi connectivity index (χ2n) is 11.7. The molecule has 3 heteroatoms.